The Bertz CT molecular complexity index is 518. The molecule has 0 unspecified atom stereocenters. The Morgan fingerprint density at radius 3 is 2.33 bits per heavy atom. The van der Waals surface area contributed by atoms with Crippen LogP contribution in [0.15, 0.2) is 30.3 Å². The molecule has 114 valence electrons. The zero-order chi connectivity index (χ0) is 15.6. The minimum absolute atomic E-state index is 0.0843. The molecule has 1 fully saturated rings. The van der Waals surface area contributed by atoms with Crippen LogP contribution in [-0.4, -0.2) is 34.5 Å². The topological polar surface area (TPSA) is 57.6 Å². The molecule has 21 heavy (non-hydrogen) atoms. The van der Waals surface area contributed by atoms with Crippen molar-refractivity contribution in [3.05, 3.63) is 35.9 Å². The predicted octanol–water partition coefficient (Wildman–Crippen LogP) is 2.89. The van der Waals surface area contributed by atoms with Gasteiger partial charge in [0.25, 0.3) is 0 Å². The molecule has 0 spiro atoms. The van der Waals surface area contributed by atoms with Gasteiger partial charge in [0.2, 0.25) is 5.91 Å². The molecule has 1 saturated carbocycles. The number of likely N-dealkylation sites (N-methyl/N-ethyl adjacent to an activating group) is 1. The van der Waals surface area contributed by atoms with Crippen LogP contribution in [0.5, 0.6) is 0 Å². The lowest BCUT2D eigenvalue weighted by molar-refractivity contribution is -0.156. The fraction of sp³-hybridized carbons (Fsp3) is 0.529. The molecule has 4 heteroatoms. The van der Waals surface area contributed by atoms with E-state index in [-0.39, 0.29) is 5.91 Å². The van der Waals surface area contributed by atoms with Crippen LogP contribution < -0.4 is 0 Å². The lowest BCUT2D eigenvalue weighted by atomic mass is 9.70. The molecule has 4 nitrogen and oxygen atoms in total. The number of carbonyl (C=O) groups is 2. The highest BCUT2D eigenvalue weighted by Crippen LogP contribution is 2.43. The molecular weight excluding hydrogens is 266 g/mol. The number of amides is 1. The Kier molecular flexibility index (Phi) is 4.35. The molecule has 1 aliphatic rings. The second kappa shape index (κ2) is 5.88. The van der Waals surface area contributed by atoms with Gasteiger partial charge in [-0.25, -0.2) is 4.79 Å². The molecule has 0 atom stereocenters. The molecule has 1 amide bonds. The van der Waals surface area contributed by atoms with E-state index in [0.29, 0.717) is 18.3 Å². The number of hydrogen-bond acceptors (Lipinski definition) is 2. The highest BCUT2D eigenvalue weighted by molar-refractivity contribution is 5.86. The summed E-state index contributed by atoms with van der Waals surface area (Å²) in [4.78, 5) is 24.7. The Morgan fingerprint density at radius 2 is 1.81 bits per heavy atom. The normalized spacial score (nSPS) is 21.5. The average Bonchev–Trinajstić information content (AvgIpc) is 2.41. The van der Waals surface area contributed by atoms with Crippen LogP contribution in [0.4, 0.5) is 0 Å². The van der Waals surface area contributed by atoms with E-state index in [9.17, 15) is 9.59 Å². The maximum Gasteiger partial charge on any atom is 0.329 e. The van der Waals surface area contributed by atoms with Gasteiger partial charge in [-0.3, -0.25) is 4.79 Å². The van der Waals surface area contributed by atoms with Crippen LogP contribution in [0.3, 0.4) is 0 Å². The van der Waals surface area contributed by atoms with E-state index in [4.69, 9.17) is 5.11 Å². The highest BCUT2D eigenvalue weighted by Gasteiger charge is 2.38. The molecule has 1 aliphatic carbocycles. The van der Waals surface area contributed by atoms with E-state index in [2.05, 4.69) is 12.1 Å². The maximum atomic E-state index is 12.2. The first-order chi connectivity index (χ1) is 9.82. The summed E-state index contributed by atoms with van der Waals surface area (Å²) >= 11 is 0. The molecule has 1 aromatic carbocycles. The third-order valence-electron chi connectivity index (χ3n) is 4.71. The average molecular weight is 289 g/mol. The number of carboxylic acids is 1. The molecule has 0 heterocycles. The van der Waals surface area contributed by atoms with Gasteiger partial charge in [-0.1, -0.05) is 30.3 Å². The van der Waals surface area contributed by atoms with Gasteiger partial charge in [0, 0.05) is 13.5 Å². The quantitative estimate of drug-likeness (QED) is 0.906. The zero-order valence-electron chi connectivity index (χ0n) is 12.9. The lowest BCUT2D eigenvalue weighted by Crippen LogP contribution is -2.51. The highest BCUT2D eigenvalue weighted by atomic mass is 16.4. The van der Waals surface area contributed by atoms with Crippen molar-refractivity contribution in [2.45, 2.75) is 44.6 Å². The Balaban J connectivity index is 1.85. The zero-order valence-corrected chi connectivity index (χ0v) is 12.9. The van der Waals surface area contributed by atoms with Gasteiger partial charge < -0.3 is 10.0 Å². The molecule has 2 rings (SSSR count). The van der Waals surface area contributed by atoms with E-state index in [0.717, 1.165) is 12.8 Å². The van der Waals surface area contributed by atoms with E-state index in [1.54, 1.807) is 20.9 Å². The van der Waals surface area contributed by atoms with Crippen LogP contribution in [-0.2, 0) is 9.59 Å². The molecular formula is C17H23NO3. The van der Waals surface area contributed by atoms with Crippen LogP contribution in [0.1, 0.15) is 44.6 Å². The Morgan fingerprint density at radius 1 is 1.24 bits per heavy atom. The van der Waals surface area contributed by atoms with Gasteiger partial charge in [0.15, 0.2) is 0 Å². The summed E-state index contributed by atoms with van der Waals surface area (Å²) in [5.41, 5.74) is 0.181. The van der Waals surface area contributed by atoms with Gasteiger partial charge in [-0.15, -0.1) is 0 Å². The summed E-state index contributed by atoms with van der Waals surface area (Å²) in [7, 11) is 1.57. The van der Waals surface area contributed by atoms with E-state index >= 15 is 0 Å². The number of aliphatic carboxylic acids is 1. The van der Waals surface area contributed by atoms with Crippen LogP contribution in [0.2, 0.25) is 0 Å². The van der Waals surface area contributed by atoms with Crippen LogP contribution in [0.25, 0.3) is 0 Å². The minimum Gasteiger partial charge on any atom is -0.480 e. The number of hydrogen-bond donors (Lipinski definition) is 1. The fourth-order valence-corrected chi connectivity index (χ4v) is 2.74. The van der Waals surface area contributed by atoms with Gasteiger partial charge in [0.1, 0.15) is 5.54 Å². The fourth-order valence-electron chi connectivity index (χ4n) is 2.74. The summed E-state index contributed by atoms with van der Waals surface area (Å²) in [6.07, 6.45) is 2.46. The van der Waals surface area contributed by atoms with Gasteiger partial charge in [0.05, 0.1) is 0 Å². The second-order valence-electron chi connectivity index (χ2n) is 6.47. The van der Waals surface area contributed by atoms with E-state index in [1.807, 2.05) is 18.2 Å². The summed E-state index contributed by atoms with van der Waals surface area (Å²) in [6.45, 7) is 3.11. The molecule has 0 aromatic heterocycles. The van der Waals surface area contributed by atoms with Crippen molar-refractivity contribution in [3.8, 4) is 0 Å². The molecule has 1 aromatic rings. The predicted molar refractivity (Wildman–Crippen MR) is 81.0 cm³/mol. The molecule has 1 N–H and O–H groups in total. The first kappa shape index (κ1) is 15.5. The first-order valence-electron chi connectivity index (χ1n) is 7.37. The number of rotatable bonds is 5. The van der Waals surface area contributed by atoms with Gasteiger partial charge >= 0.3 is 5.97 Å². The molecule has 0 saturated heterocycles. The first-order valence-corrected chi connectivity index (χ1v) is 7.37. The lowest BCUT2D eigenvalue weighted by Gasteiger charge is -2.38. The second-order valence-corrected chi connectivity index (χ2v) is 6.47. The largest absolute Gasteiger partial charge is 0.480 e. The SMILES string of the molecule is CN(C(=O)CC1CC(c2ccccc2)C1)C(C)(C)C(=O)O. The Hall–Kier alpha value is -1.84. The third kappa shape index (κ3) is 3.26. The summed E-state index contributed by atoms with van der Waals surface area (Å²) in [6, 6.07) is 10.3. The molecule has 0 radical (unpaired) electrons. The van der Waals surface area contributed by atoms with Crippen LogP contribution >= 0.6 is 0 Å². The van der Waals surface area contributed by atoms with Crippen molar-refractivity contribution in [1.29, 1.82) is 0 Å². The van der Waals surface area contributed by atoms with Crippen molar-refractivity contribution in [2.75, 3.05) is 7.05 Å². The van der Waals surface area contributed by atoms with Crippen molar-refractivity contribution < 1.29 is 14.7 Å². The van der Waals surface area contributed by atoms with Crippen molar-refractivity contribution >= 4 is 11.9 Å². The maximum absolute atomic E-state index is 12.2. The van der Waals surface area contributed by atoms with Gasteiger partial charge in [-0.05, 0) is 44.1 Å². The Labute approximate surface area is 125 Å². The third-order valence-corrected chi connectivity index (χ3v) is 4.71. The number of benzene rings is 1. The van der Waals surface area contributed by atoms with E-state index in [1.165, 1.54) is 10.5 Å². The van der Waals surface area contributed by atoms with Crippen molar-refractivity contribution in [1.82, 2.24) is 4.90 Å². The van der Waals surface area contributed by atoms with Crippen molar-refractivity contribution in [3.63, 3.8) is 0 Å². The summed E-state index contributed by atoms with van der Waals surface area (Å²) in [5.74, 6) is -0.149. The monoisotopic (exact) mass is 289 g/mol. The van der Waals surface area contributed by atoms with Crippen LogP contribution in [0, 0.1) is 5.92 Å². The summed E-state index contributed by atoms with van der Waals surface area (Å²) in [5, 5.41) is 9.16. The number of carbonyl (C=O) groups excluding carboxylic acids is 1. The number of nitrogens with zero attached hydrogens (tertiary/aromatic N) is 1. The number of carboxylic acid groups (broad SMARTS) is 1. The van der Waals surface area contributed by atoms with Crippen molar-refractivity contribution in [2.24, 2.45) is 5.92 Å². The standard InChI is InChI=1S/C17H23NO3/c1-17(2,16(20)21)18(3)15(19)11-12-9-14(10-12)13-7-5-4-6-8-13/h4-8,12,14H,9-11H2,1-3H3,(H,20,21). The summed E-state index contributed by atoms with van der Waals surface area (Å²) < 4.78 is 0. The van der Waals surface area contributed by atoms with E-state index < -0.39 is 11.5 Å². The smallest absolute Gasteiger partial charge is 0.329 e. The molecule has 0 bridgehead atoms. The minimum atomic E-state index is -1.15. The van der Waals surface area contributed by atoms with Gasteiger partial charge in [-0.2, -0.15) is 0 Å². The molecule has 0 aliphatic heterocycles.